The van der Waals surface area contributed by atoms with Crippen LogP contribution in [0, 0.1) is 21.4 Å². The molecule has 0 aromatic heterocycles. The van der Waals surface area contributed by atoms with Crippen molar-refractivity contribution in [2.24, 2.45) is 0 Å². The summed E-state index contributed by atoms with van der Waals surface area (Å²) in [4.78, 5) is 23.5. The van der Waals surface area contributed by atoms with Crippen molar-refractivity contribution in [3.8, 4) is 11.8 Å². The summed E-state index contributed by atoms with van der Waals surface area (Å²) in [6.45, 7) is 0.379. The van der Waals surface area contributed by atoms with Crippen LogP contribution in [-0.2, 0) is 4.79 Å². The summed E-state index contributed by atoms with van der Waals surface area (Å²) in [6, 6.07) is 6.46. The van der Waals surface area contributed by atoms with Crippen LogP contribution in [0.25, 0.3) is 0 Å². The molecule has 0 saturated heterocycles. The molecule has 0 aliphatic rings. The maximum absolute atomic E-state index is 11.7. The number of para-hydroxylation sites is 1. The minimum atomic E-state index is -0.541. The van der Waals surface area contributed by atoms with Gasteiger partial charge in [-0.15, -0.1) is 0 Å². The Bertz CT molecular complexity index is 571. The van der Waals surface area contributed by atoms with Gasteiger partial charge >= 0.3 is 5.69 Å². The largest absolute Gasteiger partial charge is 0.485 e. The molecule has 1 aromatic rings. The molecule has 0 unspecified atom stereocenters. The lowest BCUT2D eigenvalue weighted by Gasteiger charge is -2.15. The highest BCUT2D eigenvalue weighted by Gasteiger charge is 2.18. The van der Waals surface area contributed by atoms with Gasteiger partial charge in [0.25, 0.3) is 0 Å². The molecule has 0 heterocycles. The second-order valence-electron chi connectivity index (χ2n) is 4.17. The summed E-state index contributed by atoms with van der Waals surface area (Å²) in [5.74, 6) is -0.0741. The molecule has 0 fully saturated rings. The normalized spacial score (nSPS) is 9.76. The van der Waals surface area contributed by atoms with Crippen molar-refractivity contribution in [2.75, 3.05) is 20.2 Å². The molecule has 0 spiro atoms. The fourth-order valence-corrected chi connectivity index (χ4v) is 2.03. The van der Waals surface area contributed by atoms with Gasteiger partial charge in [0, 0.05) is 19.7 Å². The third kappa shape index (κ3) is 5.04. The van der Waals surface area contributed by atoms with Crippen LogP contribution < -0.4 is 4.74 Å². The number of ether oxygens (including phenoxy) is 1. The zero-order valence-corrected chi connectivity index (χ0v) is 13.0. The number of carbonyl (C=O) groups is 1. The second kappa shape index (κ2) is 8.21. The number of halogens is 1. The number of nitro groups is 1. The van der Waals surface area contributed by atoms with Crippen molar-refractivity contribution in [2.45, 2.75) is 12.8 Å². The Hall–Kier alpha value is -2.14. The van der Waals surface area contributed by atoms with Gasteiger partial charge in [-0.25, -0.2) is 0 Å². The Labute approximate surface area is 130 Å². The molecule has 0 radical (unpaired) electrons. The van der Waals surface area contributed by atoms with Crippen molar-refractivity contribution in [1.29, 1.82) is 5.26 Å². The number of nitro benzene ring substituents is 1. The molecule has 1 rings (SSSR count). The quantitative estimate of drug-likeness (QED) is 0.552. The van der Waals surface area contributed by atoms with E-state index in [0.717, 1.165) is 0 Å². The lowest BCUT2D eigenvalue weighted by molar-refractivity contribution is -0.386. The number of hydrogen-bond donors (Lipinski definition) is 0. The summed E-state index contributed by atoms with van der Waals surface area (Å²) in [6.07, 6.45) is 0.346. The van der Waals surface area contributed by atoms with Gasteiger partial charge in [-0.3, -0.25) is 14.9 Å². The zero-order valence-electron chi connectivity index (χ0n) is 11.4. The van der Waals surface area contributed by atoms with Crippen molar-refractivity contribution in [3.05, 3.63) is 32.8 Å². The fourth-order valence-electron chi connectivity index (χ4n) is 1.56. The molecule has 7 nitrogen and oxygen atoms in total. The molecule has 112 valence electrons. The van der Waals surface area contributed by atoms with Crippen LogP contribution in [0.1, 0.15) is 12.8 Å². The maximum Gasteiger partial charge on any atom is 0.312 e. The van der Waals surface area contributed by atoms with Gasteiger partial charge in [0.15, 0.2) is 0 Å². The van der Waals surface area contributed by atoms with Crippen LogP contribution in [0.5, 0.6) is 5.75 Å². The first kappa shape index (κ1) is 16.9. The summed E-state index contributed by atoms with van der Waals surface area (Å²) >= 11 is 3.18. The molecule has 1 amide bonds. The highest BCUT2D eigenvalue weighted by molar-refractivity contribution is 9.10. The van der Waals surface area contributed by atoms with Crippen LogP contribution in [0.15, 0.2) is 22.7 Å². The summed E-state index contributed by atoms with van der Waals surface area (Å²) in [5.41, 5.74) is -0.158. The first-order chi connectivity index (χ1) is 9.97. The minimum absolute atomic E-state index is 0.0270. The van der Waals surface area contributed by atoms with Gasteiger partial charge in [0.1, 0.15) is 0 Å². The number of nitrogens with zero attached hydrogens (tertiary/aromatic N) is 3. The van der Waals surface area contributed by atoms with Gasteiger partial charge in [0.2, 0.25) is 11.7 Å². The Kier molecular flexibility index (Phi) is 6.62. The van der Waals surface area contributed by atoms with E-state index >= 15 is 0 Å². The predicted molar refractivity (Wildman–Crippen MR) is 78.8 cm³/mol. The van der Waals surface area contributed by atoms with Gasteiger partial charge in [-0.05, 0) is 22.0 Å². The van der Waals surface area contributed by atoms with Crippen LogP contribution in [0.3, 0.4) is 0 Å². The third-order valence-electron chi connectivity index (χ3n) is 2.69. The first-order valence-corrected chi connectivity index (χ1v) is 6.93. The minimum Gasteiger partial charge on any atom is -0.485 e. The van der Waals surface area contributed by atoms with Crippen LogP contribution in [0.2, 0.25) is 0 Å². The molecule has 0 N–H and O–H groups in total. The van der Waals surface area contributed by atoms with E-state index in [-0.39, 0.29) is 36.8 Å². The number of amides is 1. The van der Waals surface area contributed by atoms with Crippen LogP contribution in [-0.4, -0.2) is 35.9 Å². The summed E-state index contributed by atoms with van der Waals surface area (Å²) in [7, 11) is 1.60. The van der Waals surface area contributed by atoms with E-state index < -0.39 is 4.92 Å². The first-order valence-electron chi connectivity index (χ1n) is 6.14. The molecule has 21 heavy (non-hydrogen) atoms. The van der Waals surface area contributed by atoms with Crippen molar-refractivity contribution in [1.82, 2.24) is 4.90 Å². The van der Waals surface area contributed by atoms with Gasteiger partial charge in [-0.1, -0.05) is 6.07 Å². The fraction of sp³-hybridized carbons (Fsp3) is 0.385. The number of rotatable bonds is 7. The van der Waals surface area contributed by atoms with Gasteiger partial charge in [0.05, 0.1) is 34.9 Å². The van der Waals surface area contributed by atoms with E-state index in [4.69, 9.17) is 10.00 Å². The monoisotopic (exact) mass is 355 g/mol. The Balaban J connectivity index is 2.59. The molecule has 0 bridgehead atoms. The standard InChI is InChI=1S/C13H14BrN3O4/c1-16(8-3-7-15)12(18)6-9-21-13-10(14)4-2-5-11(13)17(19)20/h2,4-5H,3,6,8-9H2,1H3. The Morgan fingerprint density at radius 1 is 1.57 bits per heavy atom. The van der Waals surface area contributed by atoms with Gasteiger partial charge in [-0.2, -0.15) is 5.26 Å². The molecule has 1 aromatic carbocycles. The van der Waals surface area contributed by atoms with Crippen LogP contribution >= 0.6 is 15.9 Å². The SMILES string of the molecule is CN(CCC#N)C(=O)CCOc1c(Br)cccc1[N+](=O)[O-]. The molecule has 8 heteroatoms. The predicted octanol–water partition coefficient (Wildman–Crippen LogP) is 2.50. The lowest BCUT2D eigenvalue weighted by atomic mass is 10.3. The van der Waals surface area contributed by atoms with E-state index in [2.05, 4.69) is 15.9 Å². The third-order valence-corrected chi connectivity index (χ3v) is 3.31. The molecule has 0 aliphatic heterocycles. The van der Waals surface area contributed by atoms with E-state index in [1.54, 1.807) is 13.1 Å². The average Bonchev–Trinajstić information content (AvgIpc) is 2.45. The molecular weight excluding hydrogens is 342 g/mol. The van der Waals surface area contributed by atoms with Crippen LogP contribution in [0.4, 0.5) is 5.69 Å². The molecule has 0 aliphatic carbocycles. The summed E-state index contributed by atoms with van der Waals surface area (Å²) < 4.78 is 5.81. The van der Waals surface area contributed by atoms with E-state index in [9.17, 15) is 14.9 Å². The highest BCUT2D eigenvalue weighted by atomic mass is 79.9. The number of hydrogen-bond acceptors (Lipinski definition) is 5. The molecule has 0 saturated carbocycles. The van der Waals surface area contributed by atoms with Crippen molar-refractivity contribution >= 4 is 27.5 Å². The molecule has 0 atom stereocenters. The smallest absolute Gasteiger partial charge is 0.312 e. The van der Waals surface area contributed by atoms with Gasteiger partial charge < -0.3 is 9.64 Å². The Morgan fingerprint density at radius 3 is 2.90 bits per heavy atom. The molecular formula is C13H14BrN3O4. The van der Waals surface area contributed by atoms with Crippen molar-refractivity contribution in [3.63, 3.8) is 0 Å². The Morgan fingerprint density at radius 2 is 2.29 bits per heavy atom. The average molecular weight is 356 g/mol. The van der Waals surface area contributed by atoms with E-state index in [0.29, 0.717) is 11.0 Å². The van der Waals surface area contributed by atoms with Crippen molar-refractivity contribution < 1.29 is 14.5 Å². The second-order valence-corrected chi connectivity index (χ2v) is 5.02. The topological polar surface area (TPSA) is 96.5 Å². The number of carbonyl (C=O) groups excluding carboxylic acids is 1. The van der Waals surface area contributed by atoms with E-state index in [1.807, 2.05) is 6.07 Å². The van der Waals surface area contributed by atoms with E-state index in [1.165, 1.54) is 17.0 Å². The number of nitriles is 1. The number of benzene rings is 1. The zero-order chi connectivity index (χ0) is 15.8. The summed E-state index contributed by atoms with van der Waals surface area (Å²) in [5, 5.41) is 19.3. The highest BCUT2D eigenvalue weighted by Crippen LogP contribution is 2.34. The lowest BCUT2D eigenvalue weighted by Crippen LogP contribution is -2.28. The maximum atomic E-state index is 11.7.